The summed E-state index contributed by atoms with van der Waals surface area (Å²) < 4.78 is 5.91. The number of carbonyl (C=O) groups is 1. The Hall–Kier alpha value is -2.17. The molecule has 28 heavy (non-hydrogen) atoms. The van der Waals surface area contributed by atoms with E-state index in [0.29, 0.717) is 23.1 Å². The number of halogens is 2. The Morgan fingerprint density at radius 2 is 1.93 bits per heavy atom. The first-order chi connectivity index (χ1) is 13.4. The number of hydrogen-bond acceptors (Lipinski definition) is 3. The molecule has 1 atom stereocenters. The Morgan fingerprint density at radius 1 is 1.18 bits per heavy atom. The SMILES string of the molecule is C=C(CCC(=O)O)NC1CCc2cc(OCc3c(Cl)cccc3Cl)ccc2C1. The molecule has 1 aliphatic carbocycles. The van der Waals surface area contributed by atoms with Crippen LogP contribution in [0.1, 0.15) is 36.0 Å². The molecule has 0 fully saturated rings. The highest BCUT2D eigenvalue weighted by Crippen LogP contribution is 2.29. The minimum Gasteiger partial charge on any atom is -0.489 e. The van der Waals surface area contributed by atoms with E-state index < -0.39 is 5.97 Å². The molecule has 0 amide bonds. The Bertz CT molecular complexity index is 862. The lowest BCUT2D eigenvalue weighted by molar-refractivity contribution is -0.136. The van der Waals surface area contributed by atoms with Crippen LogP contribution in [-0.2, 0) is 24.2 Å². The van der Waals surface area contributed by atoms with Crippen molar-refractivity contribution in [3.63, 3.8) is 0 Å². The average molecular weight is 420 g/mol. The zero-order valence-electron chi connectivity index (χ0n) is 15.5. The van der Waals surface area contributed by atoms with Crippen LogP contribution in [0.15, 0.2) is 48.7 Å². The minimum absolute atomic E-state index is 0.102. The number of carboxylic acid groups (broad SMARTS) is 1. The topological polar surface area (TPSA) is 58.6 Å². The standard InChI is InChI=1S/C22H23Cl2NO3/c1-14(5-10-22(26)27)25-17-8-6-16-12-18(9-7-15(16)11-17)28-13-19-20(23)3-2-4-21(19)24/h2-4,7,9,12,17,25H,1,5-6,8,10-11,13H2,(H,26,27). The van der Waals surface area contributed by atoms with Gasteiger partial charge in [-0.1, -0.05) is 41.9 Å². The van der Waals surface area contributed by atoms with E-state index in [4.69, 9.17) is 33.0 Å². The van der Waals surface area contributed by atoms with E-state index in [1.165, 1.54) is 11.1 Å². The normalized spacial score (nSPS) is 15.6. The molecule has 1 aliphatic rings. The fourth-order valence-corrected chi connectivity index (χ4v) is 3.90. The van der Waals surface area contributed by atoms with Crippen molar-refractivity contribution in [1.29, 1.82) is 0 Å². The maximum Gasteiger partial charge on any atom is 0.303 e. The van der Waals surface area contributed by atoms with E-state index in [-0.39, 0.29) is 12.5 Å². The molecule has 0 heterocycles. The summed E-state index contributed by atoms with van der Waals surface area (Å²) in [5, 5.41) is 13.3. The van der Waals surface area contributed by atoms with Gasteiger partial charge < -0.3 is 15.2 Å². The molecule has 2 aromatic carbocycles. The third kappa shape index (κ3) is 5.43. The van der Waals surface area contributed by atoms with Gasteiger partial charge in [0.15, 0.2) is 0 Å². The Balaban J connectivity index is 1.58. The fourth-order valence-electron chi connectivity index (χ4n) is 3.39. The number of aryl methyl sites for hydroxylation is 1. The van der Waals surface area contributed by atoms with Crippen molar-refractivity contribution < 1.29 is 14.6 Å². The van der Waals surface area contributed by atoms with Gasteiger partial charge in [0.1, 0.15) is 12.4 Å². The second kappa shape index (κ2) is 9.35. The average Bonchev–Trinajstić information content (AvgIpc) is 2.66. The van der Waals surface area contributed by atoms with Crippen molar-refractivity contribution in [3.8, 4) is 5.75 Å². The third-order valence-electron chi connectivity index (χ3n) is 4.90. The summed E-state index contributed by atoms with van der Waals surface area (Å²) in [7, 11) is 0. The molecule has 1 unspecified atom stereocenters. The maximum absolute atomic E-state index is 10.7. The molecule has 2 N–H and O–H groups in total. The van der Waals surface area contributed by atoms with Crippen LogP contribution in [0.25, 0.3) is 0 Å². The first-order valence-electron chi connectivity index (χ1n) is 9.26. The van der Waals surface area contributed by atoms with E-state index in [0.717, 1.165) is 36.3 Å². The van der Waals surface area contributed by atoms with E-state index in [2.05, 4.69) is 24.0 Å². The van der Waals surface area contributed by atoms with Gasteiger partial charge >= 0.3 is 5.97 Å². The van der Waals surface area contributed by atoms with Crippen LogP contribution in [0.2, 0.25) is 10.0 Å². The Kier molecular flexibility index (Phi) is 6.87. The predicted molar refractivity (Wildman–Crippen MR) is 112 cm³/mol. The molecule has 0 aliphatic heterocycles. The lowest BCUT2D eigenvalue weighted by Gasteiger charge is -2.27. The van der Waals surface area contributed by atoms with Crippen LogP contribution in [0.3, 0.4) is 0 Å². The molecule has 2 aromatic rings. The second-order valence-electron chi connectivity index (χ2n) is 7.00. The van der Waals surface area contributed by atoms with Crippen molar-refractivity contribution in [2.75, 3.05) is 0 Å². The van der Waals surface area contributed by atoms with Gasteiger partial charge in [-0.3, -0.25) is 4.79 Å². The highest BCUT2D eigenvalue weighted by molar-refractivity contribution is 6.35. The smallest absolute Gasteiger partial charge is 0.303 e. The first kappa shape index (κ1) is 20.6. The summed E-state index contributed by atoms with van der Waals surface area (Å²) in [5.74, 6) is -0.00504. The molecule has 0 bridgehead atoms. The van der Waals surface area contributed by atoms with Gasteiger partial charge in [0.25, 0.3) is 0 Å². The molecule has 3 rings (SSSR count). The van der Waals surface area contributed by atoms with Crippen LogP contribution in [0, 0.1) is 0 Å². The van der Waals surface area contributed by atoms with E-state index in [1.807, 2.05) is 12.1 Å². The van der Waals surface area contributed by atoms with Gasteiger partial charge in [0.05, 0.1) is 6.42 Å². The van der Waals surface area contributed by atoms with Crippen LogP contribution in [0.4, 0.5) is 0 Å². The first-order valence-corrected chi connectivity index (χ1v) is 10.0. The molecule has 6 heteroatoms. The Labute approximate surface area is 175 Å². The van der Waals surface area contributed by atoms with Crippen LogP contribution in [0.5, 0.6) is 5.75 Å². The summed E-state index contributed by atoms with van der Waals surface area (Å²) >= 11 is 12.4. The van der Waals surface area contributed by atoms with Gasteiger partial charge in [0.2, 0.25) is 0 Å². The summed E-state index contributed by atoms with van der Waals surface area (Å²) in [6.07, 6.45) is 3.35. The molecule has 4 nitrogen and oxygen atoms in total. The number of hydrogen-bond donors (Lipinski definition) is 2. The third-order valence-corrected chi connectivity index (χ3v) is 5.61. The van der Waals surface area contributed by atoms with Crippen LogP contribution in [-0.4, -0.2) is 17.1 Å². The van der Waals surface area contributed by atoms with Crippen molar-refractivity contribution in [2.45, 2.75) is 44.8 Å². The van der Waals surface area contributed by atoms with E-state index in [9.17, 15) is 4.79 Å². The van der Waals surface area contributed by atoms with E-state index >= 15 is 0 Å². The van der Waals surface area contributed by atoms with E-state index in [1.54, 1.807) is 12.1 Å². The lowest BCUT2D eigenvalue weighted by atomic mass is 9.88. The lowest BCUT2D eigenvalue weighted by Crippen LogP contribution is -2.33. The molecule has 0 saturated heterocycles. The van der Waals surface area contributed by atoms with Gasteiger partial charge in [-0.05, 0) is 61.1 Å². The monoisotopic (exact) mass is 419 g/mol. The molecule has 0 aromatic heterocycles. The maximum atomic E-state index is 10.7. The molecular weight excluding hydrogens is 397 g/mol. The summed E-state index contributed by atoms with van der Waals surface area (Å²) in [6.45, 7) is 4.27. The number of ether oxygens (including phenoxy) is 1. The summed E-state index contributed by atoms with van der Waals surface area (Å²) in [5.41, 5.74) is 4.12. The number of aliphatic carboxylic acids is 1. The van der Waals surface area contributed by atoms with Crippen molar-refractivity contribution in [3.05, 3.63) is 75.4 Å². The molecule has 0 saturated carbocycles. The van der Waals surface area contributed by atoms with Crippen LogP contribution >= 0.6 is 23.2 Å². The molecule has 0 spiro atoms. The number of rotatable bonds is 8. The van der Waals surface area contributed by atoms with Crippen molar-refractivity contribution in [2.24, 2.45) is 0 Å². The van der Waals surface area contributed by atoms with Gasteiger partial charge in [0, 0.05) is 27.3 Å². The van der Waals surface area contributed by atoms with Crippen molar-refractivity contribution in [1.82, 2.24) is 5.32 Å². The zero-order valence-corrected chi connectivity index (χ0v) is 17.0. The summed E-state index contributed by atoms with van der Waals surface area (Å²) in [6, 6.07) is 11.8. The number of carboxylic acids is 1. The second-order valence-corrected chi connectivity index (χ2v) is 7.82. The van der Waals surface area contributed by atoms with Crippen LogP contribution < -0.4 is 10.1 Å². The zero-order chi connectivity index (χ0) is 20.1. The predicted octanol–water partition coefficient (Wildman–Crippen LogP) is 5.40. The minimum atomic E-state index is -0.803. The highest BCUT2D eigenvalue weighted by atomic mass is 35.5. The molecule has 0 radical (unpaired) electrons. The Morgan fingerprint density at radius 3 is 2.64 bits per heavy atom. The number of nitrogens with one attached hydrogen (secondary N) is 1. The highest BCUT2D eigenvalue weighted by Gasteiger charge is 2.19. The number of fused-ring (bicyclic) bond motifs is 1. The number of allylic oxidation sites excluding steroid dienone is 1. The van der Waals surface area contributed by atoms with Crippen molar-refractivity contribution >= 4 is 29.2 Å². The van der Waals surface area contributed by atoms with Gasteiger partial charge in [-0.2, -0.15) is 0 Å². The quantitative estimate of drug-likeness (QED) is 0.601. The molecule has 148 valence electrons. The van der Waals surface area contributed by atoms with Gasteiger partial charge in [-0.15, -0.1) is 0 Å². The summed E-state index contributed by atoms with van der Waals surface area (Å²) in [4.78, 5) is 10.7. The largest absolute Gasteiger partial charge is 0.489 e. The fraction of sp³-hybridized carbons (Fsp3) is 0.318. The number of benzene rings is 2. The van der Waals surface area contributed by atoms with Gasteiger partial charge in [-0.25, -0.2) is 0 Å². The molecular formula is C22H23Cl2NO3.